The average molecular weight is 410 g/mol. The van der Waals surface area contributed by atoms with Crippen molar-refractivity contribution in [2.24, 2.45) is 5.11 Å². The van der Waals surface area contributed by atoms with Crippen molar-refractivity contribution in [3.63, 3.8) is 0 Å². The van der Waals surface area contributed by atoms with Gasteiger partial charge in [0.15, 0.2) is 9.84 Å². The van der Waals surface area contributed by atoms with Crippen LogP contribution < -0.4 is 5.32 Å². The molecule has 1 aromatic rings. The summed E-state index contributed by atoms with van der Waals surface area (Å²) in [7, 11) is -1.55. The highest BCUT2D eigenvalue weighted by Gasteiger charge is 2.43. The third-order valence-electron chi connectivity index (χ3n) is 4.64. The molecule has 152 valence electrons. The summed E-state index contributed by atoms with van der Waals surface area (Å²) < 4.78 is 36.1. The summed E-state index contributed by atoms with van der Waals surface area (Å²) in [5, 5.41) is 5.24. The van der Waals surface area contributed by atoms with Crippen molar-refractivity contribution in [3.05, 3.63) is 39.8 Å². The van der Waals surface area contributed by atoms with Crippen LogP contribution in [0, 0.1) is 6.92 Å². The second-order valence-corrected chi connectivity index (χ2v) is 8.65. The Labute approximate surface area is 162 Å². The number of methoxy groups -OCH3 is 2. The topological polar surface area (TPSA) is 148 Å². The fraction of sp³-hybridized carbons (Fsp3) is 0.529. The summed E-state index contributed by atoms with van der Waals surface area (Å²) in [4.78, 5) is 26.7. The molecule has 1 fully saturated rings. The molecule has 1 aromatic carbocycles. The van der Waals surface area contributed by atoms with Gasteiger partial charge in [-0.05, 0) is 36.9 Å². The van der Waals surface area contributed by atoms with Gasteiger partial charge in [-0.2, -0.15) is 0 Å². The molecule has 1 aliphatic heterocycles. The third-order valence-corrected chi connectivity index (χ3v) is 6.91. The molecule has 2 rings (SSSR count). The molecule has 28 heavy (non-hydrogen) atoms. The van der Waals surface area contributed by atoms with E-state index in [1.165, 1.54) is 20.3 Å². The minimum absolute atomic E-state index is 0.0182. The van der Waals surface area contributed by atoms with Gasteiger partial charge in [-0.15, -0.1) is 0 Å². The standard InChI is InChI=1S/C17H22N4O6S/c1-10-4-5-15(11(6-10)9-19-21-18)28(24,25)12-7-13(16(22)26-2)20-14(8-12)17(23)27-3/h4-6,12-14,20H,7-9H2,1-3H3. The molecular weight excluding hydrogens is 388 g/mol. The zero-order valence-corrected chi connectivity index (χ0v) is 16.6. The molecule has 1 aliphatic rings. The smallest absolute Gasteiger partial charge is 0.322 e. The highest BCUT2D eigenvalue weighted by atomic mass is 32.2. The lowest BCUT2D eigenvalue weighted by molar-refractivity contribution is -0.147. The minimum atomic E-state index is -3.93. The molecule has 10 nitrogen and oxygen atoms in total. The van der Waals surface area contributed by atoms with Crippen LogP contribution in [0.25, 0.3) is 10.4 Å². The quantitative estimate of drug-likeness (QED) is 0.323. The first-order chi connectivity index (χ1) is 13.2. The first kappa shape index (κ1) is 21.7. The van der Waals surface area contributed by atoms with Gasteiger partial charge < -0.3 is 9.47 Å². The SMILES string of the molecule is COC(=O)C1CC(S(=O)(=O)c2ccc(C)cc2CN=[N+]=[N-])CC(C(=O)OC)N1. The second kappa shape index (κ2) is 9.05. The first-order valence-electron chi connectivity index (χ1n) is 8.50. The number of nitrogens with one attached hydrogen (secondary N) is 1. The normalized spacial score (nSPS) is 22.0. The summed E-state index contributed by atoms with van der Waals surface area (Å²) in [5.41, 5.74) is 9.76. The summed E-state index contributed by atoms with van der Waals surface area (Å²) in [6, 6.07) is 2.80. The van der Waals surface area contributed by atoms with Crippen molar-refractivity contribution in [2.75, 3.05) is 14.2 Å². The van der Waals surface area contributed by atoms with E-state index < -0.39 is 39.1 Å². The fourth-order valence-electron chi connectivity index (χ4n) is 3.26. The highest BCUT2D eigenvalue weighted by molar-refractivity contribution is 7.92. The molecule has 0 bridgehead atoms. The number of esters is 2. The number of carbonyl (C=O) groups excluding carboxylic acids is 2. The molecule has 2 atom stereocenters. The van der Waals surface area contributed by atoms with Gasteiger partial charge in [-0.3, -0.25) is 14.9 Å². The van der Waals surface area contributed by atoms with E-state index in [2.05, 4.69) is 15.3 Å². The van der Waals surface area contributed by atoms with Gasteiger partial charge in [0, 0.05) is 4.91 Å². The Morgan fingerprint density at radius 1 is 1.21 bits per heavy atom. The van der Waals surface area contributed by atoms with Crippen molar-refractivity contribution in [3.8, 4) is 0 Å². The van der Waals surface area contributed by atoms with Crippen LogP contribution in [0.4, 0.5) is 0 Å². The molecule has 0 spiro atoms. The predicted molar refractivity (Wildman–Crippen MR) is 99.0 cm³/mol. The van der Waals surface area contributed by atoms with Crippen LogP contribution >= 0.6 is 0 Å². The van der Waals surface area contributed by atoms with Crippen molar-refractivity contribution in [2.45, 2.75) is 48.5 Å². The predicted octanol–water partition coefficient (Wildman–Crippen LogP) is 1.41. The second-order valence-electron chi connectivity index (χ2n) is 6.46. The van der Waals surface area contributed by atoms with Gasteiger partial charge in [-0.1, -0.05) is 22.8 Å². The van der Waals surface area contributed by atoms with E-state index in [0.717, 1.165) is 5.56 Å². The van der Waals surface area contributed by atoms with E-state index >= 15 is 0 Å². The third kappa shape index (κ3) is 4.61. The Balaban J connectivity index is 2.46. The summed E-state index contributed by atoms with van der Waals surface area (Å²) >= 11 is 0. The van der Waals surface area contributed by atoms with E-state index in [9.17, 15) is 18.0 Å². The van der Waals surface area contributed by atoms with Crippen molar-refractivity contribution in [1.82, 2.24) is 5.32 Å². The monoisotopic (exact) mass is 410 g/mol. The number of azide groups is 1. The molecule has 0 amide bonds. The highest BCUT2D eigenvalue weighted by Crippen LogP contribution is 2.30. The maximum Gasteiger partial charge on any atom is 0.322 e. The van der Waals surface area contributed by atoms with Crippen LogP contribution in [0.1, 0.15) is 24.0 Å². The molecule has 0 aliphatic carbocycles. The number of nitrogens with zero attached hydrogens (tertiary/aromatic N) is 3. The van der Waals surface area contributed by atoms with Crippen LogP contribution in [0.15, 0.2) is 28.2 Å². The Bertz CT molecular complexity index is 886. The molecule has 1 heterocycles. The van der Waals surface area contributed by atoms with E-state index in [4.69, 9.17) is 15.0 Å². The van der Waals surface area contributed by atoms with Crippen molar-refractivity contribution in [1.29, 1.82) is 0 Å². The summed E-state index contributed by atoms with van der Waals surface area (Å²) in [5.74, 6) is -1.32. The van der Waals surface area contributed by atoms with E-state index in [0.29, 0.717) is 5.56 Å². The maximum atomic E-state index is 13.3. The molecule has 1 saturated heterocycles. The summed E-state index contributed by atoms with van der Waals surface area (Å²) in [6.07, 6.45) is -0.116. The van der Waals surface area contributed by atoms with Crippen LogP contribution in [0.3, 0.4) is 0 Å². The van der Waals surface area contributed by atoms with Gasteiger partial charge >= 0.3 is 11.9 Å². The molecule has 1 N–H and O–H groups in total. The molecule has 0 saturated carbocycles. The molecule has 0 radical (unpaired) electrons. The largest absolute Gasteiger partial charge is 0.468 e. The summed E-state index contributed by atoms with van der Waals surface area (Å²) in [6.45, 7) is 1.67. The lowest BCUT2D eigenvalue weighted by atomic mass is 9.98. The Morgan fingerprint density at radius 2 is 1.79 bits per heavy atom. The van der Waals surface area contributed by atoms with Gasteiger partial charge in [0.25, 0.3) is 0 Å². The van der Waals surface area contributed by atoms with E-state index in [1.807, 2.05) is 0 Å². The zero-order valence-electron chi connectivity index (χ0n) is 15.8. The Hall–Kier alpha value is -2.62. The number of carbonyl (C=O) groups is 2. The molecule has 11 heteroatoms. The zero-order chi connectivity index (χ0) is 20.9. The van der Waals surface area contributed by atoms with Gasteiger partial charge in [0.1, 0.15) is 12.1 Å². The van der Waals surface area contributed by atoms with Crippen LogP contribution in [-0.2, 0) is 35.4 Å². The van der Waals surface area contributed by atoms with E-state index in [-0.39, 0.29) is 24.3 Å². The van der Waals surface area contributed by atoms with Gasteiger partial charge in [-0.25, -0.2) is 8.42 Å². The van der Waals surface area contributed by atoms with E-state index in [1.54, 1.807) is 19.1 Å². The van der Waals surface area contributed by atoms with Crippen molar-refractivity contribution < 1.29 is 27.5 Å². The number of piperidine rings is 1. The molecular formula is C17H22N4O6S. The van der Waals surface area contributed by atoms with Crippen molar-refractivity contribution >= 4 is 21.8 Å². The Morgan fingerprint density at radius 3 is 2.29 bits per heavy atom. The molecule has 0 aromatic heterocycles. The average Bonchev–Trinajstić information content (AvgIpc) is 2.70. The lowest BCUT2D eigenvalue weighted by Gasteiger charge is -2.33. The minimum Gasteiger partial charge on any atom is -0.468 e. The number of rotatable bonds is 6. The number of benzene rings is 1. The fourth-order valence-corrected chi connectivity index (χ4v) is 5.26. The number of sulfone groups is 1. The molecule has 2 unspecified atom stereocenters. The van der Waals surface area contributed by atoms with Crippen LogP contribution in [-0.4, -0.2) is 51.9 Å². The Kier molecular flexibility index (Phi) is 7.00. The lowest BCUT2D eigenvalue weighted by Crippen LogP contribution is -2.56. The van der Waals surface area contributed by atoms with Crippen LogP contribution in [0.2, 0.25) is 0 Å². The number of ether oxygens (including phenoxy) is 2. The van der Waals surface area contributed by atoms with Crippen LogP contribution in [0.5, 0.6) is 0 Å². The first-order valence-corrected chi connectivity index (χ1v) is 10.0. The number of aryl methyl sites for hydroxylation is 1. The van der Waals surface area contributed by atoms with Gasteiger partial charge in [0.05, 0.1) is 30.9 Å². The van der Waals surface area contributed by atoms with Gasteiger partial charge in [0.2, 0.25) is 0 Å². The number of hydrogen-bond acceptors (Lipinski definition) is 8. The number of hydrogen-bond donors (Lipinski definition) is 1. The maximum absolute atomic E-state index is 13.3.